The van der Waals surface area contributed by atoms with Crippen molar-refractivity contribution in [1.82, 2.24) is 5.43 Å². The molecule has 0 saturated heterocycles. The van der Waals surface area contributed by atoms with Gasteiger partial charge in [-0.15, -0.1) is 0 Å². The molecule has 0 bridgehead atoms. The molecular formula is C13H16ClN3O2. The second kappa shape index (κ2) is 6.92. The highest BCUT2D eigenvalue weighted by Gasteiger charge is 2.10. The third-order valence-corrected chi connectivity index (χ3v) is 2.51. The third-order valence-electron chi connectivity index (χ3n) is 2.51. The first-order valence-corrected chi connectivity index (χ1v) is 5.75. The fraction of sp³-hybridized carbons (Fsp3) is 0.231. The lowest BCUT2D eigenvalue weighted by atomic mass is 10.1. The molecule has 2 rings (SSSR count). The van der Waals surface area contributed by atoms with E-state index in [4.69, 9.17) is 4.74 Å². The molecule has 5 nitrogen and oxygen atoms in total. The number of hydrogen-bond donors (Lipinski definition) is 2. The summed E-state index contributed by atoms with van der Waals surface area (Å²) in [6.07, 6.45) is 3.58. The van der Waals surface area contributed by atoms with Gasteiger partial charge in [0.1, 0.15) is 12.4 Å². The molecule has 1 aliphatic heterocycles. The molecule has 0 saturated carbocycles. The number of hydrogen-bond acceptors (Lipinski definition) is 3. The minimum Gasteiger partial charge on any atom is -1.00 e. The van der Waals surface area contributed by atoms with Crippen molar-refractivity contribution in [3.8, 4) is 5.75 Å². The molecule has 0 radical (unpaired) electrons. The summed E-state index contributed by atoms with van der Waals surface area (Å²) in [5, 5.41) is 3.88. The number of rotatable bonds is 3. The molecule has 102 valence electrons. The SMILES string of the molecule is C[C@@H]([NH3+])C(=O)NN=CC1=Cc2ccccc2OC1.[Cl-]. The Hall–Kier alpha value is -1.85. The molecule has 1 aromatic rings. The Morgan fingerprint density at radius 3 is 3.00 bits per heavy atom. The number of benzene rings is 1. The van der Waals surface area contributed by atoms with E-state index in [0.29, 0.717) is 6.61 Å². The first-order valence-electron chi connectivity index (χ1n) is 5.75. The van der Waals surface area contributed by atoms with Gasteiger partial charge in [-0.25, -0.2) is 5.43 Å². The number of ether oxygens (including phenoxy) is 1. The lowest BCUT2D eigenvalue weighted by molar-refractivity contribution is -0.398. The Morgan fingerprint density at radius 1 is 1.53 bits per heavy atom. The molecule has 1 aliphatic rings. The summed E-state index contributed by atoms with van der Waals surface area (Å²) in [7, 11) is 0. The number of halogens is 1. The number of amides is 1. The fourth-order valence-electron chi connectivity index (χ4n) is 1.50. The zero-order valence-electron chi connectivity index (χ0n) is 10.6. The number of carbonyl (C=O) groups is 1. The minimum atomic E-state index is -0.320. The molecule has 0 aromatic heterocycles. The highest BCUT2D eigenvalue weighted by molar-refractivity contribution is 5.89. The van der Waals surface area contributed by atoms with E-state index in [0.717, 1.165) is 16.9 Å². The lowest BCUT2D eigenvalue weighted by Crippen LogP contribution is -3.00. The van der Waals surface area contributed by atoms with Crippen molar-refractivity contribution in [1.29, 1.82) is 0 Å². The van der Waals surface area contributed by atoms with Gasteiger partial charge in [0, 0.05) is 11.1 Å². The highest BCUT2D eigenvalue weighted by atomic mass is 35.5. The molecule has 4 N–H and O–H groups in total. The van der Waals surface area contributed by atoms with E-state index in [2.05, 4.69) is 16.3 Å². The van der Waals surface area contributed by atoms with Gasteiger partial charge in [-0.1, -0.05) is 18.2 Å². The van der Waals surface area contributed by atoms with Crippen LogP contribution in [0.5, 0.6) is 5.75 Å². The van der Waals surface area contributed by atoms with Gasteiger partial charge in [0.05, 0.1) is 6.21 Å². The zero-order chi connectivity index (χ0) is 13.0. The second-order valence-corrected chi connectivity index (χ2v) is 4.18. The van der Waals surface area contributed by atoms with Gasteiger partial charge in [-0.05, 0) is 19.1 Å². The lowest BCUT2D eigenvalue weighted by Gasteiger charge is -2.15. The van der Waals surface area contributed by atoms with Gasteiger partial charge in [-0.3, -0.25) is 4.79 Å². The number of nitrogens with one attached hydrogen (secondary N) is 1. The van der Waals surface area contributed by atoms with E-state index >= 15 is 0 Å². The molecule has 1 amide bonds. The molecule has 19 heavy (non-hydrogen) atoms. The number of para-hydroxylation sites is 1. The first kappa shape index (κ1) is 15.2. The Morgan fingerprint density at radius 2 is 2.26 bits per heavy atom. The van der Waals surface area contributed by atoms with E-state index in [1.54, 1.807) is 13.1 Å². The van der Waals surface area contributed by atoms with Gasteiger partial charge in [-0.2, -0.15) is 5.10 Å². The molecule has 6 heteroatoms. The van der Waals surface area contributed by atoms with Gasteiger partial charge in [0.2, 0.25) is 0 Å². The van der Waals surface area contributed by atoms with Crippen LogP contribution in [0.15, 0.2) is 34.9 Å². The van der Waals surface area contributed by atoms with E-state index in [1.165, 1.54) is 0 Å². The van der Waals surface area contributed by atoms with Crippen molar-refractivity contribution < 1.29 is 27.7 Å². The quantitative estimate of drug-likeness (QED) is 0.464. The average molecular weight is 282 g/mol. The number of nitrogens with zero attached hydrogens (tertiary/aromatic N) is 1. The van der Waals surface area contributed by atoms with Crippen molar-refractivity contribution in [3.05, 3.63) is 35.4 Å². The van der Waals surface area contributed by atoms with Crippen molar-refractivity contribution in [2.45, 2.75) is 13.0 Å². The van der Waals surface area contributed by atoms with Crippen LogP contribution in [-0.4, -0.2) is 24.8 Å². The van der Waals surface area contributed by atoms with Crippen LogP contribution in [0.1, 0.15) is 12.5 Å². The van der Waals surface area contributed by atoms with Gasteiger partial charge in [0.15, 0.2) is 6.04 Å². The molecule has 1 atom stereocenters. The molecule has 1 heterocycles. The van der Waals surface area contributed by atoms with Gasteiger partial charge < -0.3 is 22.9 Å². The maximum atomic E-state index is 11.2. The average Bonchev–Trinajstić information content (AvgIpc) is 2.38. The standard InChI is InChI=1S/C13H15N3O2.ClH/c1-9(14)13(17)16-15-7-10-6-11-4-2-3-5-12(11)18-8-10;/h2-7,9H,8,14H2,1H3,(H,16,17);1H/t9-;/m1./s1. The summed E-state index contributed by atoms with van der Waals surface area (Å²) in [6, 6.07) is 7.46. The fourth-order valence-corrected chi connectivity index (χ4v) is 1.50. The molecule has 1 aromatic carbocycles. The maximum absolute atomic E-state index is 11.2. The summed E-state index contributed by atoms with van der Waals surface area (Å²) >= 11 is 0. The van der Waals surface area contributed by atoms with E-state index in [9.17, 15) is 4.79 Å². The Kier molecular flexibility index (Phi) is 5.54. The van der Waals surface area contributed by atoms with E-state index in [-0.39, 0.29) is 24.4 Å². The van der Waals surface area contributed by atoms with Crippen LogP contribution in [-0.2, 0) is 4.79 Å². The second-order valence-electron chi connectivity index (χ2n) is 4.18. The van der Waals surface area contributed by atoms with Crippen molar-refractivity contribution in [3.63, 3.8) is 0 Å². The van der Waals surface area contributed by atoms with Crippen LogP contribution in [0.25, 0.3) is 6.08 Å². The van der Waals surface area contributed by atoms with Crippen LogP contribution in [0, 0.1) is 0 Å². The summed E-state index contributed by atoms with van der Waals surface area (Å²) < 4.78 is 5.56. The zero-order valence-corrected chi connectivity index (χ0v) is 11.4. The molecule has 0 fully saturated rings. The topological polar surface area (TPSA) is 78.3 Å². The smallest absolute Gasteiger partial charge is 0.297 e. The predicted octanol–water partition coefficient (Wildman–Crippen LogP) is -2.80. The maximum Gasteiger partial charge on any atom is 0.297 e. The van der Waals surface area contributed by atoms with Gasteiger partial charge >= 0.3 is 0 Å². The molecule has 0 aliphatic carbocycles. The molecule has 0 unspecified atom stereocenters. The van der Waals surface area contributed by atoms with Crippen molar-refractivity contribution in [2.24, 2.45) is 5.10 Å². The largest absolute Gasteiger partial charge is 1.00 e. The minimum absolute atomic E-state index is 0. The summed E-state index contributed by atoms with van der Waals surface area (Å²) in [5.74, 6) is 0.661. The predicted molar refractivity (Wildman–Crippen MR) is 68.9 cm³/mol. The summed E-state index contributed by atoms with van der Waals surface area (Å²) in [4.78, 5) is 11.2. The van der Waals surface area contributed by atoms with E-state index in [1.807, 2.05) is 30.3 Å². The summed E-state index contributed by atoms with van der Waals surface area (Å²) in [5.41, 5.74) is 7.96. The van der Waals surface area contributed by atoms with Crippen LogP contribution < -0.4 is 28.3 Å². The summed E-state index contributed by atoms with van der Waals surface area (Å²) in [6.45, 7) is 2.17. The number of quaternary nitrogens is 1. The Balaban J connectivity index is 0.00000180. The Labute approximate surface area is 117 Å². The van der Waals surface area contributed by atoms with Crippen LogP contribution >= 0.6 is 0 Å². The number of carbonyl (C=O) groups excluding carboxylic acids is 1. The van der Waals surface area contributed by atoms with Crippen LogP contribution in [0.3, 0.4) is 0 Å². The number of fused-ring (bicyclic) bond motifs is 1. The number of hydrazone groups is 1. The molecular weight excluding hydrogens is 266 g/mol. The Bertz CT molecular complexity index is 512. The molecule has 0 spiro atoms. The van der Waals surface area contributed by atoms with Crippen molar-refractivity contribution >= 4 is 18.2 Å². The van der Waals surface area contributed by atoms with Crippen molar-refractivity contribution in [2.75, 3.05) is 6.61 Å². The van der Waals surface area contributed by atoms with E-state index < -0.39 is 0 Å². The van der Waals surface area contributed by atoms with Crippen LogP contribution in [0.4, 0.5) is 0 Å². The normalized spacial score (nSPS) is 14.7. The third kappa shape index (κ3) is 4.08. The first-order chi connectivity index (χ1) is 8.66. The van der Waals surface area contributed by atoms with Gasteiger partial charge in [0.25, 0.3) is 5.91 Å². The monoisotopic (exact) mass is 281 g/mol. The highest BCUT2D eigenvalue weighted by Crippen LogP contribution is 2.24. The van der Waals surface area contributed by atoms with Crippen LogP contribution in [0.2, 0.25) is 0 Å².